The summed E-state index contributed by atoms with van der Waals surface area (Å²) in [4.78, 5) is 12.0. The highest BCUT2D eigenvalue weighted by molar-refractivity contribution is 5.94. The van der Waals surface area contributed by atoms with Crippen molar-refractivity contribution in [1.82, 2.24) is 5.32 Å². The van der Waals surface area contributed by atoms with E-state index in [0.717, 1.165) is 19.3 Å². The number of ether oxygens (including phenoxy) is 1. The summed E-state index contributed by atoms with van der Waals surface area (Å²) in [6.45, 7) is 0.155. The lowest BCUT2D eigenvalue weighted by atomic mass is 9.85. The highest BCUT2D eigenvalue weighted by atomic mass is 19.1. The molecule has 4 nitrogen and oxygen atoms in total. The summed E-state index contributed by atoms with van der Waals surface area (Å²) in [6.07, 6.45) is 4.38. The third-order valence-electron chi connectivity index (χ3n) is 3.79. The van der Waals surface area contributed by atoms with E-state index in [1.54, 1.807) is 6.07 Å². The molecule has 0 spiro atoms. The first kappa shape index (κ1) is 14.8. The molecule has 0 saturated heterocycles. The topological polar surface area (TPSA) is 58.6 Å². The SMILES string of the molecule is COc1cccc(C(=O)NCC2(O)CCCCC2)c1F. The number of carbonyl (C=O) groups excluding carboxylic acids is 1. The van der Waals surface area contributed by atoms with Gasteiger partial charge in [-0.15, -0.1) is 0 Å². The van der Waals surface area contributed by atoms with Crippen LogP contribution in [0.3, 0.4) is 0 Å². The monoisotopic (exact) mass is 281 g/mol. The van der Waals surface area contributed by atoms with E-state index in [0.29, 0.717) is 12.8 Å². The minimum absolute atomic E-state index is 0.0361. The van der Waals surface area contributed by atoms with Gasteiger partial charge in [-0.05, 0) is 25.0 Å². The second kappa shape index (κ2) is 6.22. The molecular weight excluding hydrogens is 261 g/mol. The molecule has 1 saturated carbocycles. The summed E-state index contributed by atoms with van der Waals surface area (Å²) < 4.78 is 18.8. The third-order valence-corrected chi connectivity index (χ3v) is 3.79. The molecule has 0 heterocycles. The maximum atomic E-state index is 13.9. The fourth-order valence-corrected chi connectivity index (χ4v) is 2.57. The summed E-state index contributed by atoms with van der Waals surface area (Å²) >= 11 is 0. The van der Waals surface area contributed by atoms with Crippen molar-refractivity contribution in [2.75, 3.05) is 13.7 Å². The molecule has 2 N–H and O–H groups in total. The lowest BCUT2D eigenvalue weighted by Gasteiger charge is -2.32. The van der Waals surface area contributed by atoms with Gasteiger partial charge in [-0.1, -0.05) is 25.3 Å². The summed E-state index contributed by atoms with van der Waals surface area (Å²) in [6, 6.07) is 4.42. The quantitative estimate of drug-likeness (QED) is 0.890. The van der Waals surface area contributed by atoms with Gasteiger partial charge in [0.15, 0.2) is 11.6 Å². The zero-order valence-corrected chi connectivity index (χ0v) is 11.6. The van der Waals surface area contributed by atoms with Gasteiger partial charge in [0.2, 0.25) is 0 Å². The molecule has 0 atom stereocenters. The Hall–Kier alpha value is -1.62. The largest absolute Gasteiger partial charge is 0.494 e. The number of methoxy groups -OCH3 is 1. The molecule has 110 valence electrons. The predicted molar refractivity (Wildman–Crippen MR) is 73.3 cm³/mol. The molecule has 1 aromatic carbocycles. The van der Waals surface area contributed by atoms with Gasteiger partial charge >= 0.3 is 0 Å². The maximum Gasteiger partial charge on any atom is 0.254 e. The molecule has 1 aliphatic rings. The van der Waals surface area contributed by atoms with Crippen LogP contribution >= 0.6 is 0 Å². The van der Waals surface area contributed by atoms with Crippen LogP contribution in [-0.4, -0.2) is 30.3 Å². The Morgan fingerprint density at radius 2 is 2.10 bits per heavy atom. The van der Waals surface area contributed by atoms with Gasteiger partial charge in [0, 0.05) is 6.54 Å². The molecule has 1 fully saturated rings. The molecule has 20 heavy (non-hydrogen) atoms. The fraction of sp³-hybridized carbons (Fsp3) is 0.533. The van der Waals surface area contributed by atoms with E-state index in [1.165, 1.54) is 19.2 Å². The summed E-state index contributed by atoms with van der Waals surface area (Å²) in [5.41, 5.74) is -0.924. The number of hydrogen-bond donors (Lipinski definition) is 2. The standard InChI is InChI=1S/C15H20FNO3/c1-20-12-7-5-6-11(13(12)16)14(18)17-10-15(19)8-3-2-4-9-15/h5-7,19H,2-4,8-10H2,1H3,(H,17,18). The van der Waals surface area contributed by atoms with Gasteiger partial charge in [0.05, 0.1) is 18.3 Å². The van der Waals surface area contributed by atoms with Crippen molar-refractivity contribution in [3.05, 3.63) is 29.6 Å². The van der Waals surface area contributed by atoms with E-state index in [2.05, 4.69) is 5.32 Å². The van der Waals surface area contributed by atoms with E-state index in [1.807, 2.05) is 0 Å². The first-order valence-corrected chi connectivity index (χ1v) is 6.89. The van der Waals surface area contributed by atoms with E-state index >= 15 is 0 Å². The molecule has 1 amide bonds. The summed E-state index contributed by atoms with van der Waals surface area (Å²) in [5.74, 6) is -1.17. The number of carbonyl (C=O) groups is 1. The zero-order chi connectivity index (χ0) is 14.6. The van der Waals surface area contributed by atoms with Crippen LogP contribution in [0, 0.1) is 5.82 Å². The smallest absolute Gasteiger partial charge is 0.254 e. The van der Waals surface area contributed by atoms with Gasteiger partial charge in [0.25, 0.3) is 5.91 Å². The first-order chi connectivity index (χ1) is 9.56. The van der Waals surface area contributed by atoms with E-state index in [-0.39, 0.29) is 17.9 Å². The van der Waals surface area contributed by atoms with Crippen LogP contribution in [-0.2, 0) is 0 Å². The average molecular weight is 281 g/mol. The molecule has 0 radical (unpaired) electrons. The van der Waals surface area contributed by atoms with Crippen LogP contribution in [0.5, 0.6) is 5.75 Å². The number of aliphatic hydroxyl groups is 1. The van der Waals surface area contributed by atoms with Crippen molar-refractivity contribution in [1.29, 1.82) is 0 Å². The Bertz CT molecular complexity index is 484. The van der Waals surface area contributed by atoms with E-state index in [4.69, 9.17) is 4.74 Å². The molecule has 0 aromatic heterocycles. The third kappa shape index (κ3) is 3.28. The Kier molecular flexibility index (Phi) is 4.60. The van der Waals surface area contributed by atoms with Crippen molar-refractivity contribution in [3.8, 4) is 5.75 Å². The molecular formula is C15H20FNO3. The van der Waals surface area contributed by atoms with Gasteiger partial charge in [-0.25, -0.2) is 4.39 Å². The molecule has 0 bridgehead atoms. The lowest BCUT2D eigenvalue weighted by Crippen LogP contribution is -2.44. The number of amides is 1. The van der Waals surface area contributed by atoms with Gasteiger partial charge < -0.3 is 15.2 Å². The minimum atomic E-state index is -0.858. The van der Waals surface area contributed by atoms with E-state index < -0.39 is 17.3 Å². The molecule has 0 aliphatic heterocycles. The zero-order valence-electron chi connectivity index (χ0n) is 11.6. The van der Waals surface area contributed by atoms with Crippen LogP contribution in [0.2, 0.25) is 0 Å². The highest BCUT2D eigenvalue weighted by Crippen LogP contribution is 2.27. The van der Waals surface area contributed by atoms with Crippen LogP contribution in [0.25, 0.3) is 0 Å². The second-order valence-electron chi connectivity index (χ2n) is 5.29. The molecule has 5 heteroatoms. The van der Waals surface area contributed by atoms with Gasteiger partial charge in [0.1, 0.15) is 0 Å². The molecule has 2 rings (SSSR count). The number of nitrogens with one attached hydrogen (secondary N) is 1. The van der Waals surface area contributed by atoms with Crippen molar-refractivity contribution >= 4 is 5.91 Å². The highest BCUT2D eigenvalue weighted by Gasteiger charge is 2.30. The Labute approximate surface area is 117 Å². The summed E-state index contributed by atoms with van der Waals surface area (Å²) in [7, 11) is 1.35. The van der Waals surface area contributed by atoms with Crippen LogP contribution < -0.4 is 10.1 Å². The average Bonchev–Trinajstić information content (AvgIpc) is 2.46. The van der Waals surface area contributed by atoms with E-state index in [9.17, 15) is 14.3 Å². The lowest BCUT2D eigenvalue weighted by molar-refractivity contribution is 0.00521. The van der Waals surface area contributed by atoms with Crippen LogP contribution in [0.15, 0.2) is 18.2 Å². The number of hydrogen-bond acceptors (Lipinski definition) is 3. The maximum absolute atomic E-state index is 13.9. The molecule has 0 unspecified atom stereocenters. The Morgan fingerprint density at radius 1 is 1.40 bits per heavy atom. The number of benzene rings is 1. The van der Waals surface area contributed by atoms with Crippen molar-refractivity contribution in [2.45, 2.75) is 37.7 Å². The number of rotatable bonds is 4. The first-order valence-electron chi connectivity index (χ1n) is 6.89. The van der Waals surface area contributed by atoms with Crippen molar-refractivity contribution in [3.63, 3.8) is 0 Å². The predicted octanol–water partition coefficient (Wildman–Crippen LogP) is 2.26. The molecule has 1 aliphatic carbocycles. The normalized spacial score (nSPS) is 17.6. The van der Waals surface area contributed by atoms with Crippen molar-refractivity contribution in [2.24, 2.45) is 0 Å². The minimum Gasteiger partial charge on any atom is -0.494 e. The number of halogens is 1. The van der Waals surface area contributed by atoms with Gasteiger partial charge in [-0.2, -0.15) is 0 Å². The molecule has 1 aromatic rings. The van der Waals surface area contributed by atoms with Crippen LogP contribution in [0.4, 0.5) is 4.39 Å². The Morgan fingerprint density at radius 3 is 2.75 bits per heavy atom. The summed E-state index contributed by atoms with van der Waals surface area (Å²) in [5, 5.41) is 12.9. The van der Waals surface area contributed by atoms with Gasteiger partial charge in [-0.3, -0.25) is 4.79 Å². The second-order valence-corrected chi connectivity index (χ2v) is 5.29. The fourth-order valence-electron chi connectivity index (χ4n) is 2.57. The van der Waals surface area contributed by atoms with Crippen molar-refractivity contribution < 1.29 is 19.0 Å². The van der Waals surface area contributed by atoms with Crippen LogP contribution in [0.1, 0.15) is 42.5 Å². The Balaban J connectivity index is 2.01.